The van der Waals surface area contributed by atoms with Gasteiger partial charge in [0.1, 0.15) is 12.0 Å². The number of thioether (sulfide) groups is 1. The molecular formula is C17H16O2S. The summed E-state index contributed by atoms with van der Waals surface area (Å²) in [5.41, 5.74) is 2.04. The summed E-state index contributed by atoms with van der Waals surface area (Å²) in [4.78, 5) is 12.0. The van der Waals surface area contributed by atoms with Gasteiger partial charge in [-0.05, 0) is 30.2 Å². The van der Waals surface area contributed by atoms with Crippen molar-refractivity contribution in [3.63, 3.8) is 0 Å². The largest absolute Gasteiger partial charge is 0.493 e. The van der Waals surface area contributed by atoms with Gasteiger partial charge in [0, 0.05) is 22.1 Å². The summed E-state index contributed by atoms with van der Waals surface area (Å²) >= 11 is 1.81. The molecule has 1 heterocycles. The zero-order chi connectivity index (χ0) is 13.8. The van der Waals surface area contributed by atoms with Gasteiger partial charge in [0.15, 0.2) is 0 Å². The molecule has 0 spiro atoms. The summed E-state index contributed by atoms with van der Waals surface area (Å²) in [7, 11) is 0. The maximum Gasteiger partial charge on any atom is 0.150 e. The summed E-state index contributed by atoms with van der Waals surface area (Å²) in [6.07, 6.45) is 1.95. The maximum absolute atomic E-state index is 10.8. The van der Waals surface area contributed by atoms with Gasteiger partial charge in [-0.15, -0.1) is 11.8 Å². The van der Waals surface area contributed by atoms with E-state index in [1.807, 2.05) is 30.3 Å². The lowest BCUT2D eigenvalue weighted by Gasteiger charge is -2.25. The first kappa shape index (κ1) is 13.3. The van der Waals surface area contributed by atoms with E-state index in [4.69, 9.17) is 4.74 Å². The Hall–Kier alpha value is -1.74. The van der Waals surface area contributed by atoms with Crippen molar-refractivity contribution in [2.75, 3.05) is 12.4 Å². The van der Waals surface area contributed by atoms with Crippen LogP contribution in [0.1, 0.15) is 28.3 Å². The summed E-state index contributed by atoms with van der Waals surface area (Å²) in [5.74, 6) is 2.55. The van der Waals surface area contributed by atoms with E-state index in [0.29, 0.717) is 5.92 Å². The van der Waals surface area contributed by atoms with E-state index in [1.54, 1.807) is 11.8 Å². The Balaban J connectivity index is 1.71. The zero-order valence-corrected chi connectivity index (χ0v) is 11.9. The molecule has 1 unspecified atom stereocenters. The minimum atomic E-state index is 0.518. The van der Waals surface area contributed by atoms with Crippen molar-refractivity contribution in [2.45, 2.75) is 17.2 Å². The van der Waals surface area contributed by atoms with E-state index in [0.717, 1.165) is 41.3 Å². The number of aldehydes is 1. The van der Waals surface area contributed by atoms with Gasteiger partial charge in [-0.3, -0.25) is 4.79 Å². The van der Waals surface area contributed by atoms with Crippen LogP contribution in [0.15, 0.2) is 53.4 Å². The van der Waals surface area contributed by atoms with Gasteiger partial charge in [0.25, 0.3) is 0 Å². The fraction of sp³-hybridized carbons (Fsp3) is 0.235. The quantitative estimate of drug-likeness (QED) is 0.623. The Bertz CT molecular complexity index is 609. The average molecular weight is 284 g/mol. The Morgan fingerprint density at radius 1 is 1.20 bits per heavy atom. The molecule has 0 aromatic heterocycles. The van der Waals surface area contributed by atoms with Crippen LogP contribution in [-0.4, -0.2) is 18.6 Å². The molecule has 1 aliphatic rings. The molecular weight excluding hydrogens is 268 g/mol. The van der Waals surface area contributed by atoms with Crippen molar-refractivity contribution in [3.05, 3.63) is 59.7 Å². The first-order valence-corrected chi connectivity index (χ1v) is 7.75. The van der Waals surface area contributed by atoms with Gasteiger partial charge >= 0.3 is 0 Å². The number of hydrogen-bond donors (Lipinski definition) is 0. The molecule has 20 heavy (non-hydrogen) atoms. The smallest absolute Gasteiger partial charge is 0.150 e. The molecule has 0 radical (unpaired) electrons. The maximum atomic E-state index is 10.8. The molecule has 2 nitrogen and oxygen atoms in total. The molecule has 102 valence electrons. The van der Waals surface area contributed by atoms with Gasteiger partial charge in [-0.25, -0.2) is 0 Å². The standard InChI is InChI=1S/C17H16O2S/c18-11-13-4-3-5-15(10-13)20-12-14-8-9-19-17-7-2-1-6-16(14)17/h1-7,10-11,14H,8-9,12H2. The predicted octanol–water partition coefficient (Wildman–Crippen LogP) is 4.16. The molecule has 0 amide bonds. The SMILES string of the molecule is O=Cc1cccc(SCC2CCOc3ccccc32)c1. The van der Waals surface area contributed by atoms with Gasteiger partial charge in [-0.2, -0.15) is 0 Å². The number of rotatable bonds is 4. The van der Waals surface area contributed by atoms with Crippen molar-refractivity contribution in [1.82, 2.24) is 0 Å². The van der Waals surface area contributed by atoms with Crippen LogP contribution >= 0.6 is 11.8 Å². The summed E-state index contributed by atoms with van der Waals surface area (Å²) in [6.45, 7) is 0.788. The van der Waals surface area contributed by atoms with E-state index in [9.17, 15) is 4.79 Å². The van der Waals surface area contributed by atoms with Gasteiger partial charge < -0.3 is 4.74 Å². The Kier molecular flexibility index (Phi) is 4.07. The lowest BCUT2D eigenvalue weighted by Crippen LogP contribution is -2.15. The van der Waals surface area contributed by atoms with Crippen LogP contribution in [0, 0.1) is 0 Å². The van der Waals surface area contributed by atoms with Crippen molar-refractivity contribution in [2.24, 2.45) is 0 Å². The molecule has 3 heteroatoms. The number of carbonyl (C=O) groups is 1. The second-order valence-corrected chi connectivity index (χ2v) is 5.97. The van der Waals surface area contributed by atoms with E-state index in [1.165, 1.54) is 5.56 Å². The highest BCUT2D eigenvalue weighted by Gasteiger charge is 2.20. The van der Waals surface area contributed by atoms with Crippen LogP contribution in [0.2, 0.25) is 0 Å². The Morgan fingerprint density at radius 2 is 2.10 bits per heavy atom. The highest BCUT2D eigenvalue weighted by Crippen LogP contribution is 2.36. The van der Waals surface area contributed by atoms with Crippen molar-refractivity contribution in [1.29, 1.82) is 0 Å². The molecule has 0 fully saturated rings. The lowest BCUT2D eigenvalue weighted by atomic mass is 9.95. The number of ether oxygens (including phenoxy) is 1. The van der Waals surface area contributed by atoms with E-state index >= 15 is 0 Å². The van der Waals surface area contributed by atoms with E-state index < -0.39 is 0 Å². The molecule has 2 aromatic rings. The minimum absolute atomic E-state index is 0.518. The number of carbonyl (C=O) groups excluding carboxylic acids is 1. The molecule has 2 aromatic carbocycles. The third kappa shape index (κ3) is 2.88. The van der Waals surface area contributed by atoms with E-state index in [-0.39, 0.29) is 0 Å². The molecule has 1 aliphatic heterocycles. The average Bonchev–Trinajstić information content (AvgIpc) is 2.53. The fourth-order valence-electron chi connectivity index (χ4n) is 2.46. The highest BCUT2D eigenvalue weighted by atomic mass is 32.2. The first-order chi connectivity index (χ1) is 9.86. The zero-order valence-electron chi connectivity index (χ0n) is 11.1. The second-order valence-electron chi connectivity index (χ2n) is 4.87. The topological polar surface area (TPSA) is 26.3 Å². The van der Waals surface area contributed by atoms with Crippen molar-refractivity contribution in [3.8, 4) is 5.75 Å². The molecule has 3 rings (SSSR count). The molecule has 1 atom stereocenters. The van der Waals surface area contributed by atoms with Crippen LogP contribution < -0.4 is 4.74 Å². The van der Waals surface area contributed by atoms with Crippen LogP contribution in [0.5, 0.6) is 5.75 Å². The van der Waals surface area contributed by atoms with Crippen molar-refractivity contribution >= 4 is 18.0 Å². The van der Waals surface area contributed by atoms with Crippen molar-refractivity contribution < 1.29 is 9.53 Å². The number of fused-ring (bicyclic) bond motifs is 1. The van der Waals surface area contributed by atoms with Gasteiger partial charge in [0.2, 0.25) is 0 Å². The second kappa shape index (κ2) is 6.14. The fourth-order valence-corrected chi connectivity index (χ4v) is 3.60. The summed E-state index contributed by atoms with van der Waals surface area (Å²) < 4.78 is 5.69. The summed E-state index contributed by atoms with van der Waals surface area (Å²) in [6, 6.07) is 16.1. The Labute approximate surface area is 123 Å². The van der Waals surface area contributed by atoms with Gasteiger partial charge in [-0.1, -0.05) is 30.3 Å². The molecule has 0 aliphatic carbocycles. The third-order valence-corrected chi connectivity index (χ3v) is 4.68. The molecule has 0 saturated heterocycles. The normalized spacial score (nSPS) is 17.1. The first-order valence-electron chi connectivity index (χ1n) is 6.76. The van der Waals surface area contributed by atoms with Crippen LogP contribution in [0.25, 0.3) is 0 Å². The van der Waals surface area contributed by atoms with Crippen LogP contribution in [0.3, 0.4) is 0 Å². The summed E-state index contributed by atoms with van der Waals surface area (Å²) in [5, 5.41) is 0. The molecule has 0 bridgehead atoms. The number of benzene rings is 2. The van der Waals surface area contributed by atoms with Crippen LogP contribution in [0.4, 0.5) is 0 Å². The third-order valence-electron chi connectivity index (χ3n) is 3.53. The Morgan fingerprint density at radius 3 is 3.00 bits per heavy atom. The lowest BCUT2D eigenvalue weighted by molar-refractivity contribution is 0.112. The van der Waals surface area contributed by atoms with Gasteiger partial charge in [0.05, 0.1) is 6.61 Å². The number of hydrogen-bond acceptors (Lipinski definition) is 3. The molecule has 0 saturated carbocycles. The van der Waals surface area contributed by atoms with Crippen LogP contribution in [-0.2, 0) is 0 Å². The molecule has 0 N–H and O–H groups in total. The number of para-hydroxylation sites is 1. The predicted molar refractivity (Wildman–Crippen MR) is 81.8 cm³/mol. The highest BCUT2D eigenvalue weighted by molar-refractivity contribution is 7.99. The monoisotopic (exact) mass is 284 g/mol. The van der Waals surface area contributed by atoms with E-state index in [2.05, 4.69) is 18.2 Å². The minimum Gasteiger partial charge on any atom is -0.493 e.